The number of nitrogens with zero attached hydrogens (tertiary/aromatic N) is 2. The molecule has 1 aromatic heterocycles. The number of amides is 1. The number of carbonyl (C=O) groups excluding carboxylic acids is 1. The number of likely N-dealkylation sites (tertiary alicyclic amines) is 1. The summed E-state index contributed by atoms with van der Waals surface area (Å²) in [5.74, 6) is -0.629. The molecule has 2 aromatic rings. The summed E-state index contributed by atoms with van der Waals surface area (Å²) in [6.45, 7) is 2.50. The summed E-state index contributed by atoms with van der Waals surface area (Å²) in [6, 6.07) is 8.92. The first kappa shape index (κ1) is 16.4. The Morgan fingerprint density at radius 2 is 1.92 bits per heavy atom. The van der Waals surface area contributed by atoms with Crippen molar-refractivity contribution in [2.75, 3.05) is 13.1 Å². The number of carbonyl (C=O) groups is 2. The highest BCUT2D eigenvalue weighted by molar-refractivity contribution is 7.09. The summed E-state index contributed by atoms with van der Waals surface area (Å²) in [5.41, 5.74) is -0.875. The van der Waals surface area contributed by atoms with Gasteiger partial charge in [0.25, 0.3) is 5.91 Å². The molecule has 3 rings (SSSR count). The fraction of sp³-hybridized carbons (Fsp3) is 0.353. The molecule has 0 spiro atoms. The van der Waals surface area contributed by atoms with Gasteiger partial charge in [-0.05, 0) is 19.1 Å². The van der Waals surface area contributed by atoms with Crippen molar-refractivity contribution in [3.8, 4) is 5.75 Å². The zero-order valence-electron chi connectivity index (χ0n) is 13.3. The van der Waals surface area contributed by atoms with E-state index in [4.69, 9.17) is 4.74 Å². The third-order valence-corrected chi connectivity index (χ3v) is 4.92. The molecule has 126 valence electrons. The molecule has 1 N–H and O–H groups in total. The lowest BCUT2D eigenvalue weighted by atomic mass is 9.91. The fourth-order valence-electron chi connectivity index (χ4n) is 2.77. The third-order valence-electron chi connectivity index (χ3n) is 4.14. The van der Waals surface area contributed by atoms with Crippen molar-refractivity contribution in [1.82, 2.24) is 9.88 Å². The molecule has 1 fully saturated rings. The largest absolute Gasteiger partial charge is 0.478 e. The molecule has 1 aromatic carbocycles. The third kappa shape index (κ3) is 3.26. The minimum absolute atomic E-state index is 0.155. The van der Waals surface area contributed by atoms with Gasteiger partial charge in [0, 0.05) is 31.3 Å². The Labute approximate surface area is 143 Å². The van der Waals surface area contributed by atoms with Crippen LogP contribution in [0.5, 0.6) is 5.75 Å². The van der Waals surface area contributed by atoms with Crippen LogP contribution in [0, 0.1) is 6.92 Å². The molecule has 0 saturated carbocycles. The van der Waals surface area contributed by atoms with Gasteiger partial charge in [0.1, 0.15) is 11.4 Å². The van der Waals surface area contributed by atoms with E-state index in [0.717, 1.165) is 5.01 Å². The molecule has 1 aliphatic heterocycles. The predicted octanol–water partition coefficient (Wildman–Crippen LogP) is 2.59. The van der Waals surface area contributed by atoms with Gasteiger partial charge >= 0.3 is 5.97 Å². The number of rotatable bonds is 4. The van der Waals surface area contributed by atoms with Crippen LogP contribution >= 0.6 is 11.3 Å². The maximum absolute atomic E-state index is 12.4. The van der Waals surface area contributed by atoms with E-state index < -0.39 is 11.6 Å². The number of ether oxygens (including phenoxy) is 1. The number of aliphatic carboxylic acids is 1. The number of piperidine rings is 1. The van der Waals surface area contributed by atoms with E-state index in [1.165, 1.54) is 11.3 Å². The average molecular weight is 346 g/mol. The van der Waals surface area contributed by atoms with Gasteiger partial charge in [0.15, 0.2) is 0 Å². The lowest BCUT2D eigenvalue weighted by molar-refractivity contribution is -0.159. The second-order valence-corrected chi connectivity index (χ2v) is 6.82. The van der Waals surface area contributed by atoms with Gasteiger partial charge in [0.05, 0.1) is 5.01 Å². The molecule has 7 heteroatoms. The molecule has 0 unspecified atom stereocenters. The smallest absolute Gasteiger partial charge is 0.348 e. The lowest BCUT2D eigenvalue weighted by Gasteiger charge is -2.38. The second-order valence-electron chi connectivity index (χ2n) is 5.76. The Hall–Kier alpha value is -2.41. The molecule has 24 heavy (non-hydrogen) atoms. The molecule has 0 radical (unpaired) electrons. The van der Waals surface area contributed by atoms with Gasteiger partial charge in [0.2, 0.25) is 5.60 Å². The number of benzene rings is 1. The number of para-hydroxylation sites is 1. The van der Waals surface area contributed by atoms with Gasteiger partial charge in [-0.3, -0.25) is 4.79 Å². The number of aromatic nitrogens is 1. The van der Waals surface area contributed by atoms with Crippen molar-refractivity contribution in [2.24, 2.45) is 0 Å². The van der Waals surface area contributed by atoms with Crippen molar-refractivity contribution in [3.63, 3.8) is 0 Å². The molecular formula is C17H18N2O4S. The van der Waals surface area contributed by atoms with Crippen LogP contribution in [0.3, 0.4) is 0 Å². The van der Waals surface area contributed by atoms with E-state index >= 15 is 0 Å². The van der Waals surface area contributed by atoms with E-state index in [0.29, 0.717) is 24.5 Å². The molecule has 1 aliphatic rings. The topological polar surface area (TPSA) is 79.7 Å². The summed E-state index contributed by atoms with van der Waals surface area (Å²) < 4.78 is 5.79. The highest BCUT2D eigenvalue weighted by atomic mass is 32.1. The van der Waals surface area contributed by atoms with Gasteiger partial charge in [-0.2, -0.15) is 0 Å². The highest BCUT2D eigenvalue weighted by Gasteiger charge is 2.45. The van der Waals surface area contributed by atoms with Crippen LogP contribution in [0.1, 0.15) is 28.3 Å². The molecular weight excluding hydrogens is 328 g/mol. The summed E-state index contributed by atoms with van der Waals surface area (Å²) in [5, 5.41) is 12.2. The maximum Gasteiger partial charge on any atom is 0.348 e. The Balaban J connectivity index is 1.71. The van der Waals surface area contributed by atoms with E-state index in [1.807, 2.05) is 13.0 Å². The first-order valence-electron chi connectivity index (χ1n) is 7.69. The van der Waals surface area contributed by atoms with Crippen LogP contribution in [-0.4, -0.2) is 45.6 Å². The monoisotopic (exact) mass is 346 g/mol. The van der Waals surface area contributed by atoms with Crippen LogP contribution in [0.2, 0.25) is 0 Å². The van der Waals surface area contributed by atoms with Gasteiger partial charge in [-0.1, -0.05) is 18.2 Å². The van der Waals surface area contributed by atoms with E-state index in [2.05, 4.69) is 4.98 Å². The van der Waals surface area contributed by atoms with Crippen LogP contribution < -0.4 is 4.74 Å². The number of thiazole rings is 1. The Bertz CT molecular complexity index is 736. The van der Waals surface area contributed by atoms with Crippen LogP contribution in [-0.2, 0) is 4.79 Å². The normalized spacial score (nSPS) is 16.6. The highest BCUT2D eigenvalue weighted by Crippen LogP contribution is 2.30. The standard InChI is InChI=1S/C17H18N2O4S/c1-12-18-14(11-24-12)15(20)19-9-7-17(8-10-19,16(21)22)23-13-5-3-2-4-6-13/h2-6,11H,7-10H2,1H3,(H,21,22). The van der Waals surface area contributed by atoms with Crippen molar-refractivity contribution < 1.29 is 19.4 Å². The number of carboxylic acid groups (broad SMARTS) is 1. The van der Waals surface area contributed by atoms with Crippen LogP contribution in [0.15, 0.2) is 35.7 Å². The minimum atomic E-state index is -1.30. The van der Waals surface area contributed by atoms with E-state index in [-0.39, 0.29) is 18.7 Å². The molecule has 0 bridgehead atoms. The van der Waals surface area contributed by atoms with E-state index in [9.17, 15) is 14.7 Å². The van der Waals surface area contributed by atoms with E-state index in [1.54, 1.807) is 34.5 Å². The first-order valence-corrected chi connectivity index (χ1v) is 8.57. The van der Waals surface area contributed by atoms with Crippen LogP contribution in [0.25, 0.3) is 0 Å². The molecule has 0 aliphatic carbocycles. The summed E-state index contributed by atoms with van der Waals surface area (Å²) in [7, 11) is 0. The average Bonchev–Trinajstić information content (AvgIpc) is 3.02. The van der Waals surface area contributed by atoms with Crippen molar-refractivity contribution >= 4 is 23.2 Å². The Morgan fingerprint density at radius 3 is 2.46 bits per heavy atom. The fourth-order valence-corrected chi connectivity index (χ4v) is 3.36. The van der Waals surface area contributed by atoms with Gasteiger partial charge in [-0.15, -0.1) is 11.3 Å². The van der Waals surface area contributed by atoms with Crippen molar-refractivity contribution in [1.29, 1.82) is 0 Å². The molecule has 1 saturated heterocycles. The van der Waals surface area contributed by atoms with Gasteiger partial charge in [-0.25, -0.2) is 9.78 Å². The minimum Gasteiger partial charge on any atom is -0.478 e. The molecule has 6 nitrogen and oxygen atoms in total. The number of hydrogen-bond acceptors (Lipinski definition) is 5. The molecule has 0 atom stereocenters. The zero-order valence-corrected chi connectivity index (χ0v) is 14.1. The number of carboxylic acids is 1. The predicted molar refractivity (Wildman–Crippen MR) is 89.4 cm³/mol. The maximum atomic E-state index is 12.4. The van der Waals surface area contributed by atoms with Gasteiger partial charge < -0.3 is 14.7 Å². The number of aryl methyl sites for hydroxylation is 1. The van der Waals surface area contributed by atoms with Crippen molar-refractivity contribution in [2.45, 2.75) is 25.4 Å². The zero-order chi connectivity index (χ0) is 17.2. The Kier molecular flexibility index (Phi) is 4.53. The molecule has 2 heterocycles. The first-order chi connectivity index (χ1) is 11.5. The van der Waals surface area contributed by atoms with Crippen LogP contribution in [0.4, 0.5) is 0 Å². The SMILES string of the molecule is Cc1nc(C(=O)N2CCC(Oc3ccccc3)(C(=O)O)CC2)cs1. The summed E-state index contributed by atoms with van der Waals surface area (Å²) in [6.07, 6.45) is 0.484. The Morgan fingerprint density at radius 1 is 1.25 bits per heavy atom. The summed E-state index contributed by atoms with van der Waals surface area (Å²) in [4.78, 5) is 30.1. The molecule has 1 amide bonds. The quantitative estimate of drug-likeness (QED) is 0.920. The number of hydrogen-bond donors (Lipinski definition) is 1. The summed E-state index contributed by atoms with van der Waals surface area (Å²) >= 11 is 1.43. The van der Waals surface area contributed by atoms with Crippen molar-refractivity contribution in [3.05, 3.63) is 46.4 Å². The lowest BCUT2D eigenvalue weighted by Crippen LogP contribution is -2.54. The second kappa shape index (κ2) is 6.60.